The highest BCUT2D eigenvalue weighted by molar-refractivity contribution is 7.99. The average Bonchev–Trinajstić information content (AvgIpc) is 3.16. The molecule has 2 N–H and O–H groups in total. The van der Waals surface area contributed by atoms with Crippen molar-refractivity contribution in [3.05, 3.63) is 54.1 Å². The third kappa shape index (κ3) is 5.95. The first-order valence-corrected chi connectivity index (χ1v) is 11.2. The number of thioether (sulfide) groups is 1. The van der Waals surface area contributed by atoms with Crippen LogP contribution in [-0.4, -0.2) is 32.3 Å². The molecule has 8 heteroatoms. The predicted molar refractivity (Wildman–Crippen MR) is 125 cm³/mol. The van der Waals surface area contributed by atoms with Crippen molar-refractivity contribution < 1.29 is 9.59 Å². The molecule has 0 saturated carbocycles. The van der Waals surface area contributed by atoms with Gasteiger partial charge < -0.3 is 15.2 Å². The fourth-order valence-electron chi connectivity index (χ4n) is 2.93. The molecule has 0 aliphatic carbocycles. The van der Waals surface area contributed by atoms with Gasteiger partial charge in [0.15, 0.2) is 11.0 Å². The largest absolute Gasteiger partial charge is 0.326 e. The number of amides is 2. The summed E-state index contributed by atoms with van der Waals surface area (Å²) in [6, 6.07) is 15.2. The van der Waals surface area contributed by atoms with Crippen molar-refractivity contribution in [1.82, 2.24) is 14.8 Å². The lowest BCUT2D eigenvalue weighted by molar-refractivity contribution is -0.119. The van der Waals surface area contributed by atoms with Crippen LogP contribution in [0.1, 0.15) is 26.3 Å². The molecule has 2 aromatic carbocycles. The fourth-order valence-corrected chi connectivity index (χ4v) is 3.73. The number of nitrogens with one attached hydrogen (secondary N) is 2. The molecule has 0 spiro atoms. The molecule has 0 fully saturated rings. The number of nitrogens with zero attached hydrogens (tertiary/aromatic N) is 3. The molecule has 1 aromatic heterocycles. The van der Waals surface area contributed by atoms with E-state index < -0.39 is 0 Å². The van der Waals surface area contributed by atoms with Gasteiger partial charge in [-0.2, -0.15) is 0 Å². The molecule has 0 aliphatic heterocycles. The highest BCUT2D eigenvalue weighted by atomic mass is 32.2. The zero-order valence-electron chi connectivity index (χ0n) is 18.2. The van der Waals surface area contributed by atoms with E-state index in [2.05, 4.69) is 26.9 Å². The molecule has 0 unspecified atom stereocenters. The number of hydrogen-bond donors (Lipinski definition) is 2. The second-order valence-corrected chi connectivity index (χ2v) is 8.42. The van der Waals surface area contributed by atoms with Crippen LogP contribution in [0.15, 0.2) is 53.7 Å². The lowest BCUT2D eigenvalue weighted by Gasteiger charge is -2.10. The molecule has 7 nitrogen and oxygen atoms in total. The Labute approximate surface area is 186 Å². The lowest BCUT2D eigenvalue weighted by atomic mass is 10.1. The summed E-state index contributed by atoms with van der Waals surface area (Å²) >= 11 is 1.35. The Bertz CT molecular complexity index is 1060. The minimum atomic E-state index is -0.133. The van der Waals surface area contributed by atoms with Gasteiger partial charge in [0, 0.05) is 29.4 Å². The number of hydrogen-bond acceptors (Lipinski definition) is 5. The molecule has 0 saturated heterocycles. The van der Waals surface area contributed by atoms with E-state index in [-0.39, 0.29) is 23.5 Å². The van der Waals surface area contributed by atoms with Crippen LogP contribution in [0, 0.1) is 12.8 Å². The minimum absolute atomic E-state index is 0.0433. The Balaban J connectivity index is 1.59. The second kappa shape index (κ2) is 10.3. The van der Waals surface area contributed by atoms with E-state index in [0.29, 0.717) is 23.1 Å². The molecule has 0 aliphatic rings. The Morgan fingerprint density at radius 3 is 2.32 bits per heavy atom. The number of aromatic nitrogens is 3. The van der Waals surface area contributed by atoms with E-state index in [1.165, 1.54) is 11.8 Å². The number of rotatable bonds is 8. The SMILES string of the molecule is CCn1c(SCC(=O)Nc2ccc(NC(=O)C(C)C)cc2)nnc1-c1cccc(C)c1. The first kappa shape index (κ1) is 22.6. The summed E-state index contributed by atoms with van der Waals surface area (Å²) in [7, 11) is 0. The first-order chi connectivity index (χ1) is 14.9. The zero-order valence-corrected chi connectivity index (χ0v) is 19.0. The lowest BCUT2D eigenvalue weighted by Crippen LogP contribution is -2.18. The van der Waals surface area contributed by atoms with E-state index in [4.69, 9.17) is 0 Å². The van der Waals surface area contributed by atoms with Gasteiger partial charge in [0.05, 0.1) is 5.75 Å². The summed E-state index contributed by atoms with van der Waals surface area (Å²) in [5, 5.41) is 15.0. The van der Waals surface area contributed by atoms with Gasteiger partial charge >= 0.3 is 0 Å². The Morgan fingerprint density at radius 2 is 1.71 bits per heavy atom. The number of carbonyl (C=O) groups excluding carboxylic acids is 2. The van der Waals surface area contributed by atoms with Gasteiger partial charge in [-0.15, -0.1) is 10.2 Å². The van der Waals surface area contributed by atoms with Gasteiger partial charge in [-0.05, 0) is 44.2 Å². The molecule has 3 rings (SSSR count). The first-order valence-electron chi connectivity index (χ1n) is 10.2. The molecule has 1 heterocycles. The number of carbonyl (C=O) groups is 2. The highest BCUT2D eigenvalue weighted by Gasteiger charge is 2.15. The van der Waals surface area contributed by atoms with Crippen molar-refractivity contribution in [3.63, 3.8) is 0 Å². The quantitative estimate of drug-likeness (QED) is 0.503. The molecule has 31 heavy (non-hydrogen) atoms. The van der Waals surface area contributed by atoms with Crippen molar-refractivity contribution in [2.75, 3.05) is 16.4 Å². The third-order valence-electron chi connectivity index (χ3n) is 4.60. The summed E-state index contributed by atoms with van der Waals surface area (Å²) in [6.45, 7) is 8.46. The molecule has 0 bridgehead atoms. The summed E-state index contributed by atoms with van der Waals surface area (Å²) in [4.78, 5) is 24.2. The monoisotopic (exact) mass is 437 g/mol. The summed E-state index contributed by atoms with van der Waals surface area (Å²) in [6.07, 6.45) is 0. The van der Waals surface area contributed by atoms with E-state index in [9.17, 15) is 9.59 Å². The Morgan fingerprint density at radius 1 is 1.03 bits per heavy atom. The van der Waals surface area contributed by atoms with Crippen molar-refractivity contribution in [2.24, 2.45) is 5.92 Å². The highest BCUT2D eigenvalue weighted by Crippen LogP contribution is 2.25. The van der Waals surface area contributed by atoms with Crippen LogP contribution in [-0.2, 0) is 16.1 Å². The van der Waals surface area contributed by atoms with Crippen molar-refractivity contribution in [2.45, 2.75) is 39.4 Å². The predicted octanol–water partition coefficient (Wildman–Crippen LogP) is 4.60. The van der Waals surface area contributed by atoms with Crippen LogP contribution in [0.4, 0.5) is 11.4 Å². The van der Waals surface area contributed by atoms with Crippen molar-refractivity contribution in [3.8, 4) is 11.4 Å². The minimum Gasteiger partial charge on any atom is -0.326 e. The topological polar surface area (TPSA) is 88.9 Å². The number of anilines is 2. The van der Waals surface area contributed by atoms with Gasteiger partial charge in [-0.1, -0.05) is 49.4 Å². The van der Waals surface area contributed by atoms with E-state index in [0.717, 1.165) is 17.0 Å². The van der Waals surface area contributed by atoms with Crippen LogP contribution in [0.5, 0.6) is 0 Å². The molecule has 162 valence electrons. The average molecular weight is 438 g/mol. The summed E-state index contributed by atoms with van der Waals surface area (Å²) < 4.78 is 2.01. The van der Waals surface area contributed by atoms with Crippen LogP contribution >= 0.6 is 11.8 Å². The molecule has 3 aromatic rings. The van der Waals surface area contributed by atoms with E-state index in [1.807, 2.05) is 50.5 Å². The normalized spacial score (nSPS) is 10.9. The standard InChI is InChI=1S/C23H27N5O2S/c1-5-28-21(17-8-6-7-16(4)13-17)26-27-23(28)31-14-20(29)24-18-9-11-19(12-10-18)25-22(30)15(2)3/h6-13,15H,5,14H2,1-4H3,(H,24,29)(H,25,30). The van der Waals surface area contributed by atoms with Crippen LogP contribution in [0.25, 0.3) is 11.4 Å². The van der Waals surface area contributed by atoms with Gasteiger partial charge in [-0.25, -0.2) is 0 Å². The van der Waals surface area contributed by atoms with Gasteiger partial charge in [0.2, 0.25) is 11.8 Å². The molecule has 2 amide bonds. The maximum absolute atomic E-state index is 12.4. The van der Waals surface area contributed by atoms with Gasteiger partial charge in [-0.3, -0.25) is 9.59 Å². The molecule has 0 radical (unpaired) electrons. The Hall–Kier alpha value is -3.13. The van der Waals surface area contributed by atoms with Crippen molar-refractivity contribution >= 4 is 35.0 Å². The smallest absolute Gasteiger partial charge is 0.234 e. The Kier molecular flexibility index (Phi) is 7.46. The maximum Gasteiger partial charge on any atom is 0.234 e. The second-order valence-electron chi connectivity index (χ2n) is 7.48. The van der Waals surface area contributed by atoms with Crippen LogP contribution in [0.2, 0.25) is 0 Å². The van der Waals surface area contributed by atoms with Crippen LogP contribution in [0.3, 0.4) is 0 Å². The fraction of sp³-hybridized carbons (Fsp3) is 0.304. The number of benzene rings is 2. The summed E-state index contributed by atoms with van der Waals surface area (Å²) in [5.74, 6) is 0.753. The summed E-state index contributed by atoms with van der Waals surface area (Å²) in [5.41, 5.74) is 3.54. The molecular weight excluding hydrogens is 410 g/mol. The van der Waals surface area contributed by atoms with Crippen molar-refractivity contribution in [1.29, 1.82) is 0 Å². The third-order valence-corrected chi connectivity index (χ3v) is 5.57. The van der Waals surface area contributed by atoms with Gasteiger partial charge in [0.25, 0.3) is 0 Å². The van der Waals surface area contributed by atoms with Crippen LogP contribution < -0.4 is 10.6 Å². The van der Waals surface area contributed by atoms with Gasteiger partial charge in [0.1, 0.15) is 0 Å². The van der Waals surface area contributed by atoms with E-state index in [1.54, 1.807) is 24.3 Å². The molecular formula is C23H27N5O2S. The zero-order chi connectivity index (χ0) is 22.4. The number of aryl methyl sites for hydroxylation is 1. The maximum atomic E-state index is 12.4. The molecule has 0 atom stereocenters. The van der Waals surface area contributed by atoms with E-state index >= 15 is 0 Å².